The van der Waals surface area contributed by atoms with Gasteiger partial charge in [-0.3, -0.25) is 4.79 Å². The maximum atomic E-state index is 8.54. The van der Waals surface area contributed by atoms with Crippen molar-refractivity contribution < 1.29 is 30.0 Å². The van der Waals surface area contributed by atoms with Crippen LogP contribution < -0.4 is 0 Å². The Labute approximate surface area is 201 Å². The zero-order valence-electron chi connectivity index (χ0n) is 18.0. The summed E-state index contributed by atoms with van der Waals surface area (Å²) in [5.74, 6) is 0.287. The van der Waals surface area contributed by atoms with Crippen LogP contribution in [0.3, 0.4) is 0 Å². The van der Waals surface area contributed by atoms with Crippen molar-refractivity contribution in [1.29, 1.82) is 0 Å². The molecule has 1 heterocycles. The Morgan fingerprint density at radius 1 is 0.875 bits per heavy atom. The second-order valence-corrected chi connectivity index (χ2v) is 7.77. The minimum absolute atomic E-state index is 0. The van der Waals surface area contributed by atoms with Gasteiger partial charge < -0.3 is 10.1 Å². The number of benzene rings is 4. The largest absolute Gasteiger partial charge is 0.393 e. The molecule has 0 spiro atoms. The SMILES string of the molecule is CC(=[OH+])CC(C)O.[Ir].[c-]1cc2c3ccccc3c3ccccc3c2cc1-c1ccccn1. The molecule has 0 saturated heterocycles. The van der Waals surface area contributed by atoms with Crippen molar-refractivity contribution >= 4 is 38.1 Å². The molecule has 0 aliphatic carbocycles. The number of aliphatic hydroxyl groups excluding tert-OH is 1. The van der Waals surface area contributed by atoms with Gasteiger partial charge in [-0.2, -0.15) is 0 Å². The van der Waals surface area contributed by atoms with E-state index in [-0.39, 0.29) is 25.9 Å². The number of nitrogens with zero attached hydrogens (tertiary/aromatic N) is 1. The number of hydrogen-bond donors (Lipinski definition) is 1. The molecule has 2 N–H and O–H groups in total. The van der Waals surface area contributed by atoms with E-state index in [4.69, 9.17) is 9.90 Å². The van der Waals surface area contributed by atoms with Crippen LogP contribution in [0.4, 0.5) is 0 Å². The Bertz CT molecular complexity index is 1330. The number of rotatable bonds is 3. The Balaban J connectivity index is 0.000000318. The maximum Gasteiger partial charge on any atom is 0.292 e. The van der Waals surface area contributed by atoms with E-state index in [1.54, 1.807) is 13.8 Å². The molecule has 4 heteroatoms. The molecule has 1 unspecified atom stereocenters. The minimum Gasteiger partial charge on any atom is -0.393 e. The maximum absolute atomic E-state index is 8.54. The zero-order chi connectivity index (χ0) is 21.8. The van der Waals surface area contributed by atoms with Crippen LogP contribution in [-0.2, 0) is 20.1 Å². The Kier molecular flexibility index (Phi) is 7.87. The molecule has 0 amide bonds. The molecule has 3 nitrogen and oxygen atoms in total. The van der Waals surface area contributed by atoms with Gasteiger partial charge in [0.2, 0.25) is 0 Å². The molecule has 0 aliphatic heterocycles. The van der Waals surface area contributed by atoms with Crippen LogP contribution in [0.2, 0.25) is 0 Å². The molecule has 0 saturated carbocycles. The number of carbonyl (C=O) groups excluding carboxylic acids is 1. The van der Waals surface area contributed by atoms with E-state index in [0.717, 1.165) is 11.3 Å². The topological polar surface area (TPSA) is 54.5 Å². The van der Waals surface area contributed by atoms with E-state index in [0.29, 0.717) is 6.42 Å². The standard InChI is InChI=1S/C23H14N.C5H10O2.Ir/c1-2-9-19-17(7-1)18-8-3-4-10-20(18)22-15-16(12-13-21(19)22)23-11-5-6-14-24-23;1-4(6)3-5(2)7;/h1-11,13-15H;4,6H,3H2,1-2H3;/q-1;;/p+1. The fourth-order valence-electron chi connectivity index (χ4n) is 3.94. The molecule has 1 radical (unpaired) electrons. The Morgan fingerprint density at radius 3 is 1.88 bits per heavy atom. The number of hydrogen-bond acceptors (Lipinski definition) is 2. The van der Waals surface area contributed by atoms with Crippen LogP contribution in [0.1, 0.15) is 20.3 Å². The third-order valence-corrected chi connectivity index (χ3v) is 5.21. The van der Waals surface area contributed by atoms with Crippen molar-refractivity contribution in [2.45, 2.75) is 26.4 Å². The monoisotopic (exact) mass is 600 g/mol. The first-order chi connectivity index (χ1) is 15.0. The molecule has 0 aliphatic rings. The number of aromatic nitrogens is 1. The average Bonchev–Trinajstić information content (AvgIpc) is 2.79. The number of aliphatic hydroxyl groups is 1. The molecular weight excluding hydrogens is 575 g/mol. The zero-order valence-corrected chi connectivity index (χ0v) is 20.4. The van der Waals surface area contributed by atoms with E-state index in [2.05, 4.69) is 71.7 Å². The molecule has 5 rings (SSSR count). The van der Waals surface area contributed by atoms with E-state index in [1.165, 1.54) is 32.3 Å². The third-order valence-electron chi connectivity index (χ3n) is 5.21. The van der Waals surface area contributed by atoms with Crippen molar-refractivity contribution in [1.82, 2.24) is 4.98 Å². The van der Waals surface area contributed by atoms with Crippen LogP contribution >= 0.6 is 0 Å². The van der Waals surface area contributed by atoms with Crippen LogP contribution in [0.5, 0.6) is 0 Å². The van der Waals surface area contributed by atoms with Gasteiger partial charge in [0.25, 0.3) is 5.78 Å². The van der Waals surface area contributed by atoms with Crippen LogP contribution in [0.25, 0.3) is 43.6 Å². The summed E-state index contributed by atoms with van der Waals surface area (Å²) >= 11 is 0. The van der Waals surface area contributed by atoms with Crippen molar-refractivity contribution in [2.24, 2.45) is 0 Å². The van der Waals surface area contributed by atoms with Gasteiger partial charge in [-0.15, -0.1) is 23.8 Å². The molecule has 4 aromatic carbocycles. The fourth-order valence-corrected chi connectivity index (χ4v) is 3.94. The number of ketones is 1. The van der Waals surface area contributed by atoms with Gasteiger partial charge in [0.15, 0.2) is 0 Å². The van der Waals surface area contributed by atoms with Gasteiger partial charge in [-0.1, -0.05) is 76.8 Å². The molecular formula is C28H25IrNO2. The summed E-state index contributed by atoms with van der Waals surface area (Å²) in [5.41, 5.74) is 1.99. The minimum atomic E-state index is -0.412. The molecule has 0 bridgehead atoms. The van der Waals surface area contributed by atoms with Crippen molar-refractivity contribution in [3.63, 3.8) is 0 Å². The van der Waals surface area contributed by atoms with E-state index in [9.17, 15) is 0 Å². The molecule has 1 aromatic heterocycles. The summed E-state index contributed by atoms with van der Waals surface area (Å²) in [5, 5.41) is 16.2. The first-order valence-corrected chi connectivity index (χ1v) is 10.4. The summed E-state index contributed by atoms with van der Waals surface area (Å²) in [6.45, 7) is 3.21. The van der Waals surface area contributed by atoms with Gasteiger partial charge in [0, 0.05) is 33.2 Å². The normalized spacial score (nSPS) is 11.5. The van der Waals surface area contributed by atoms with E-state index in [1.807, 2.05) is 24.4 Å². The number of fused-ring (bicyclic) bond motifs is 6. The summed E-state index contributed by atoms with van der Waals surface area (Å²) in [6.07, 6.45) is 1.80. The van der Waals surface area contributed by atoms with Gasteiger partial charge in [-0.05, 0) is 34.8 Å². The van der Waals surface area contributed by atoms with Gasteiger partial charge >= 0.3 is 0 Å². The summed E-state index contributed by atoms with van der Waals surface area (Å²) in [6, 6.07) is 30.9. The predicted octanol–water partition coefficient (Wildman–Crippen LogP) is 6.33. The van der Waals surface area contributed by atoms with Gasteiger partial charge in [0.05, 0.1) is 12.5 Å². The summed E-state index contributed by atoms with van der Waals surface area (Å²) in [7, 11) is 0. The van der Waals surface area contributed by atoms with Crippen molar-refractivity contribution in [3.8, 4) is 11.3 Å². The quantitative estimate of drug-likeness (QED) is 0.150. The molecule has 1 atom stereocenters. The summed E-state index contributed by atoms with van der Waals surface area (Å²) < 4.78 is 0. The first-order valence-electron chi connectivity index (χ1n) is 10.4. The predicted molar refractivity (Wildman–Crippen MR) is 130 cm³/mol. The number of pyridine rings is 1. The average molecular weight is 600 g/mol. The third kappa shape index (κ3) is 5.11. The van der Waals surface area contributed by atoms with Crippen LogP contribution in [-0.4, -0.2) is 26.8 Å². The summed E-state index contributed by atoms with van der Waals surface area (Å²) in [4.78, 5) is 12.9. The second-order valence-electron chi connectivity index (χ2n) is 7.77. The molecule has 0 fully saturated rings. The second kappa shape index (κ2) is 10.6. The smallest absolute Gasteiger partial charge is 0.292 e. The Hall–Kier alpha value is -2.91. The van der Waals surface area contributed by atoms with E-state index >= 15 is 0 Å². The molecule has 5 aromatic rings. The van der Waals surface area contributed by atoms with Gasteiger partial charge in [-0.25, -0.2) is 0 Å². The Morgan fingerprint density at radius 2 is 1.41 bits per heavy atom. The van der Waals surface area contributed by atoms with Crippen LogP contribution in [0.15, 0.2) is 85.1 Å². The van der Waals surface area contributed by atoms with Crippen molar-refractivity contribution in [2.75, 3.05) is 0 Å². The van der Waals surface area contributed by atoms with Crippen LogP contribution in [0, 0.1) is 6.07 Å². The molecule has 32 heavy (non-hydrogen) atoms. The van der Waals surface area contributed by atoms with Crippen molar-refractivity contribution in [3.05, 3.63) is 91.1 Å². The first kappa shape index (κ1) is 23.7. The van der Waals surface area contributed by atoms with E-state index < -0.39 is 6.10 Å². The van der Waals surface area contributed by atoms with Gasteiger partial charge in [0.1, 0.15) is 0 Å². The fraction of sp³-hybridized carbons (Fsp3) is 0.143. The molecule has 163 valence electrons.